The molecule has 6 nitrogen and oxygen atoms in total. The second-order valence-corrected chi connectivity index (χ2v) is 5.47. The minimum Gasteiger partial charge on any atom is -0.322 e. The van der Waals surface area contributed by atoms with Crippen LogP contribution < -0.4 is 5.32 Å². The summed E-state index contributed by atoms with van der Waals surface area (Å²) in [5, 5.41) is 14.1. The third kappa shape index (κ3) is 3.11. The van der Waals surface area contributed by atoms with Gasteiger partial charge in [-0.15, -0.1) is 5.10 Å². The topological polar surface area (TPSA) is 72.7 Å². The van der Waals surface area contributed by atoms with E-state index in [0.717, 1.165) is 11.3 Å². The van der Waals surface area contributed by atoms with Gasteiger partial charge in [0, 0.05) is 5.69 Å². The van der Waals surface area contributed by atoms with Crippen LogP contribution in [0.3, 0.4) is 0 Å². The summed E-state index contributed by atoms with van der Waals surface area (Å²) in [5.41, 5.74) is 3.06. The number of rotatable bonds is 4. The molecule has 1 amide bonds. The molecule has 0 aliphatic heterocycles. The quantitative estimate of drug-likeness (QED) is 0.804. The molecule has 1 heterocycles. The van der Waals surface area contributed by atoms with E-state index in [-0.39, 0.29) is 5.91 Å². The first kappa shape index (κ1) is 14.9. The zero-order chi connectivity index (χ0) is 16.2. The maximum absolute atomic E-state index is 12.7. The van der Waals surface area contributed by atoms with E-state index < -0.39 is 0 Å². The standard InChI is InChI=1S/C17H17N5O/c1-12(2)13-7-3-5-9-15(13)19-17(23)14-8-4-6-10-16(14)22-11-18-20-21-22/h3-12H,1-2H3,(H,19,23). The number of benzene rings is 2. The molecule has 0 aliphatic rings. The summed E-state index contributed by atoms with van der Waals surface area (Å²) in [6.45, 7) is 4.19. The lowest BCUT2D eigenvalue weighted by atomic mass is 10.0. The average Bonchev–Trinajstić information content (AvgIpc) is 3.09. The number of tetrazole rings is 1. The minimum atomic E-state index is -0.191. The van der Waals surface area contributed by atoms with Crippen molar-refractivity contribution in [2.45, 2.75) is 19.8 Å². The van der Waals surface area contributed by atoms with Crippen molar-refractivity contribution in [3.8, 4) is 5.69 Å². The Kier molecular flexibility index (Phi) is 4.14. The number of carbonyl (C=O) groups excluding carboxylic acids is 1. The van der Waals surface area contributed by atoms with E-state index in [1.807, 2.05) is 36.4 Å². The van der Waals surface area contributed by atoms with Crippen LogP contribution in [0.2, 0.25) is 0 Å². The van der Waals surface area contributed by atoms with Gasteiger partial charge in [-0.1, -0.05) is 44.2 Å². The molecular formula is C17H17N5O. The van der Waals surface area contributed by atoms with Gasteiger partial charge in [-0.3, -0.25) is 4.79 Å². The molecule has 0 saturated heterocycles. The largest absolute Gasteiger partial charge is 0.322 e. The van der Waals surface area contributed by atoms with Crippen molar-refractivity contribution in [3.05, 3.63) is 66.0 Å². The summed E-state index contributed by atoms with van der Waals surface area (Å²) in [5.74, 6) is 0.130. The highest BCUT2D eigenvalue weighted by Crippen LogP contribution is 2.24. The molecule has 0 bridgehead atoms. The fourth-order valence-corrected chi connectivity index (χ4v) is 2.44. The molecule has 1 N–H and O–H groups in total. The van der Waals surface area contributed by atoms with Crippen LogP contribution in [0.4, 0.5) is 5.69 Å². The number of nitrogens with one attached hydrogen (secondary N) is 1. The Bertz CT molecular complexity index is 811. The second-order valence-electron chi connectivity index (χ2n) is 5.47. The van der Waals surface area contributed by atoms with Crippen molar-refractivity contribution in [1.29, 1.82) is 0 Å². The van der Waals surface area contributed by atoms with Gasteiger partial charge in [-0.2, -0.15) is 4.68 Å². The summed E-state index contributed by atoms with van der Waals surface area (Å²) in [7, 11) is 0. The molecule has 23 heavy (non-hydrogen) atoms. The van der Waals surface area contributed by atoms with Gasteiger partial charge in [0.05, 0.1) is 11.3 Å². The number of hydrogen-bond donors (Lipinski definition) is 1. The Morgan fingerprint density at radius 2 is 1.83 bits per heavy atom. The Balaban J connectivity index is 1.94. The maximum atomic E-state index is 12.7. The fourth-order valence-electron chi connectivity index (χ4n) is 2.44. The smallest absolute Gasteiger partial charge is 0.257 e. The lowest BCUT2D eigenvalue weighted by molar-refractivity contribution is 0.102. The third-order valence-electron chi connectivity index (χ3n) is 3.58. The molecule has 0 saturated carbocycles. The van der Waals surface area contributed by atoms with Crippen molar-refractivity contribution < 1.29 is 4.79 Å². The van der Waals surface area contributed by atoms with E-state index in [4.69, 9.17) is 0 Å². The predicted octanol–water partition coefficient (Wildman–Crippen LogP) is 3.04. The van der Waals surface area contributed by atoms with Gasteiger partial charge < -0.3 is 5.32 Å². The van der Waals surface area contributed by atoms with Gasteiger partial charge in [0.25, 0.3) is 5.91 Å². The monoisotopic (exact) mass is 307 g/mol. The van der Waals surface area contributed by atoms with E-state index in [0.29, 0.717) is 17.2 Å². The van der Waals surface area contributed by atoms with Crippen LogP contribution >= 0.6 is 0 Å². The number of nitrogens with zero attached hydrogens (tertiary/aromatic N) is 4. The molecule has 0 unspecified atom stereocenters. The van der Waals surface area contributed by atoms with E-state index in [1.54, 1.807) is 12.1 Å². The predicted molar refractivity (Wildman–Crippen MR) is 87.6 cm³/mol. The van der Waals surface area contributed by atoms with E-state index >= 15 is 0 Å². The van der Waals surface area contributed by atoms with Gasteiger partial charge in [-0.25, -0.2) is 0 Å². The van der Waals surface area contributed by atoms with Gasteiger partial charge in [0.2, 0.25) is 0 Å². The van der Waals surface area contributed by atoms with E-state index in [9.17, 15) is 4.79 Å². The fraction of sp³-hybridized carbons (Fsp3) is 0.176. The van der Waals surface area contributed by atoms with Crippen molar-refractivity contribution in [1.82, 2.24) is 20.2 Å². The molecule has 0 atom stereocenters. The zero-order valence-electron chi connectivity index (χ0n) is 13.0. The maximum Gasteiger partial charge on any atom is 0.257 e. The second kappa shape index (κ2) is 6.39. The number of carbonyl (C=O) groups is 1. The van der Waals surface area contributed by atoms with Crippen LogP contribution in [0.15, 0.2) is 54.9 Å². The molecule has 3 rings (SSSR count). The zero-order valence-corrected chi connectivity index (χ0v) is 13.0. The van der Waals surface area contributed by atoms with Gasteiger partial charge in [0.15, 0.2) is 0 Å². The SMILES string of the molecule is CC(C)c1ccccc1NC(=O)c1ccccc1-n1cnnn1. The Hall–Kier alpha value is -3.02. The molecule has 0 aliphatic carbocycles. The molecule has 2 aromatic carbocycles. The minimum absolute atomic E-state index is 0.191. The van der Waals surface area contributed by atoms with Crippen molar-refractivity contribution in [2.75, 3.05) is 5.32 Å². The Morgan fingerprint density at radius 1 is 1.09 bits per heavy atom. The molecule has 0 fully saturated rings. The van der Waals surface area contributed by atoms with Crippen molar-refractivity contribution in [3.63, 3.8) is 0 Å². The van der Waals surface area contributed by atoms with Gasteiger partial charge in [-0.05, 0) is 40.1 Å². The highest BCUT2D eigenvalue weighted by Gasteiger charge is 2.15. The first-order valence-corrected chi connectivity index (χ1v) is 7.39. The summed E-state index contributed by atoms with van der Waals surface area (Å²) in [4.78, 5) is 12.7. The molecular weight excluding hydrogens is 290 g/mol. The number of amides is 1. The lowest BCUT2D eigenvalue weighted by Gasteiger charge is -2.14. The molecule has 0 radical (unpaired) electrons. The van der Waals surface area contributed by atoms with Gasteiger partial charge >= 0.3 is 0 Å². The normalized spacial score (nSPS) is 10.7. The van der Waals surface area contributed by atoms with Crippen LogP contribution in [0.1, 0.15) is 35.7 Å². The number of para-hydroxylation sites is 2. The average molecular weight is 307 g/mol. The Labute approximate surface area is 134 Å². The Morgan fingerprint density at radius 3 is 2.57 bits per heavy atom. The summed E-state index contributed by atoms with van der Waals surface area (Å²) in [6.07, 6.45) is 1.47. The lowest BCUT2D eigenvalue weighted by Crippen LogP contribution is -2.16. The third-order valence-corrected chi connectivity index (χ3v) is 3.58. The molecule has 1 aromatic heterocycles. The van der Waals surface area contributed by atoms with Crippen molar-refractivity contribution >= 4 is 11.6 Å². The molecule has 116 valence electrons. The summed E-state index contributed by atoms with van der Waals surface area (Å²) in [6, 6.07) is 15.0. The number of hydrogen-bond acceptors (Lipinski definition) is 4. The van der Waals surface area contributed by atoms with Crippen LogP contribution in [0.5, 0.6) is 0 Å². The van der Waals surface area contributed by atoms with Crippen LogP contribution in [0, 0.1) is 0 Å². The highest BCUT2D eigenvalue weighted by atomic mass is 16.1. The summed E-state index contributed by atoms with van der Waals surface area (Å²) < 4.78 is 1.48. The number of aromatic nitrogens is 4. The first-order valence-electron chi connectivity index (χ1n) is 7.39. The van der Waals surface area contributed by atoms with Crippen molar-refractivity contribution in [2.24, 2.45) is 0 Å². The van der Waals surface area contributed by atoms with Crippen LogP contribution in [-0.2, 0) is 0 Å². The van der Waals surface area contributed by atoms with E-state index in [1.165, 1.54) is 11.0 Å². The van der Waals surface area contributed by atoms with E-state index in [2.05, 4.69) is 34.7 Å². The van der Waals surface area contributed by atoms with Crippen LogP contribution in [0.25, 0.3) is 5.69 Å². The molecule has 6 heteroatoms. The highest BCUT2D eigenvalue weighted by molar-refractivity contribution is 6.07. The van der Waals surface area contributed by atoms with Gasteiger partial charge in [0.1, 0.15) is 6.33 Å². The van der Waals surface area contributed by atoms with Crippen LogP contribution in [-0.4, -0.2) is 26.1 Å². The number of anilines is 1. The molecule has 0 spiro atoms. The first-order chi connectivity index (χ1) is 11.2. The molecule has 3 aromatic rings. The summed E-state index contributed by atoms with van der Waals surface area (Å²) >= 11 is 0.